The Morgan fingerprint density at radius 3 is 2.57 bits per heavy atom. The van der Waals surface area contributed by atoms with Crippen LogP contribution in [-0.2, 0) is 4.79 Å². The number of carbonyl (C=O) groups excluding carboxylic acids is 1. The molecule has 0 radical (unpaired) electrons. The van der Waals surface area contributed by atoms with Gasteiger partial charge in [-0.25, -0.2) is 9.97 Å². The molecule has 5 rings (SSSR count). The highest BCUT2D eigenvalue weighted by Gasteiger charge is 2.18. The quantitative estimate of drug-likeness (QED) is 0.233. The number of amides is 1. The number of nitrogens with one attached hydrogen (secondary N) is 2. The van der Waals surface area contributed by atoms with Crippen LogP contribution >= 0.6 is 0 Å². The number of imidazole rings is 1. The number of fused-ring (bicyclic) bond motifs is 1. The van der Waals surface area contributed by atoms with Crippen LogP contribution in [0.3, 0.4) is 0 Å². The molecule has 42 heavy (non-hydrogen) atoms. The zero-order valence-electron chi connectivity index (χ0n) is 25.1. The highest BCUT2D eigenvalue weighted by atomic mass is 16.5. The van der Waals surface area contributed by atoms with Crippen molar-refractivity contribution in [2.24, 2.45) is 0 Å². The molecule has 0 unspecified atom stereocenters. The van der Waals surface area contributed by atoms with Gasteiger partial charge in [-0.1, -0.05) is 20.4 Å². The molecule has 2 aromatic carbocycles. The molecule has 0 bridgehead atoms. The lowest BCUT2D eigenvalue weighted by molar-refractivity contribution is -0.111. The highest BCUT2D eigenvalue weighted by molar-refractivity contribution is 6.02. The van der Waals surface area contributed by atoms with Gasteiger partial charge in [0.05, 0.1) is 42.3 Å². The van der Waals surface area contributed by atoms with Crippen molar-refractivity contribution in [3.63, 3.8) is 0 Å². The number of carbonyl (C=O) groups is 1. The first-order valence-corrected chi connectivity index (χ1v) is 14.2. The topological polar surface area (TPSA) is 110 Å². The molecule has 1 aliphatic heterocycles. The number of ether oxygens (including phenoxy) is 2. The van der Waals surface area contributed by atoms with Crippen LogP contribution in [0.25, 0.3) is 16.9 Å². The predicted octanol–water partition coefficient (Wildman–Crippen LogP) is 5.26. The lowest BCUT2D eigenvalue weighted by Crippen LogP contribution is -2.32. The molecule has 0 spiro atoms. The Bertz CT molecular complexity index is 1510. The summed E-state index contributed by atoms with van der Waals surface area (Å²) in [5.74, 6) is 2.01. The first-order chi connectivity index (χ1) is 20.5. The number of hydrogen-bond acceptors (Lipinski definition) is 9. The fourth-order valence-corrected chi connectivity index (χ4v) is 4.81. The molecule has 2 N–H and O–H groups in total. The molecule has 0 atom stereocenters. The smallest absolute Gasteiger partial charge is 0.247 e. The first-order valence-electron chi connectivity index (χ1n) is 14.2. The minimum absolute atomic E-state index is 0.300. The van der Waals surface area contributed by atoms with E-state index in [0.29, 0.717) is 28.9 Å². The number of hydrogen-bond donors (Lipinski definition) is 2. The Morgan fingerprint density at radius 1 is 1.07 bits per heavy atom. The average Bonchev–Trinajstić information content (AvgIpc) is 3.71. The molecule has 1 amide bonds. The van der Waals surface area contributed by atoms with Crippen LogP contribution in [0.1, 0.15) is 26.7 Å². The summed E-state index contributed by atoms with van der Waals surface area (Å²) < 4.78 is 13.0. The van der Waals surface area contributed by atoms with E-state index in [9.17, 15) is 4.79 Å². The highest BCUT2D eigenvalue weighted by Crippen LogP contribution is 2.38. The van der Waals surface area contributed by atoms with Crippen molar-refractivity contribution in [3.05, 3.63) is 61.6 Å². The van der Waals surface area contributed by atoms with Crippen LogP contribution in [0.2, 0.25) is 0 Å². The monoisotopic (exact) mass is 572 g/mol. The zero-order valence-corrected chi connectivity index (χ0v) is 25.1. The number of anilines is 4. The molecule has 4 aromatic rings. The van der Waals surface area contributed by atoms with E-state index in [1.54, 1.807) is 32.8 Å². The largest absolute Gasteiger partial charge is 0.497 e. The Labute approximate surface area is 247 Å². The number of methoxy groups -OCH3 is 2. The lowest BCUT2D eigenvalue weighted by Gasteiger charge is -2.26. The Kier molecular flexibility index (Phi) is 10.3. The van der Waals surface area contributed by atoms with Crippen LogP contribution < -0.4 is 25.0 Å². The third-order valence-electron chi connectivity index (χ3n) is 7.01. The molecule has 1 saturated heterocycles. The molecule has 0 aliphatic carbocycles. The van der Waals surface area contributed by atoms with Crippen LogP contribution in [0, 0.1) is 0 Å². The van der Waals surface area contributed by atoms with E-state index in [4.69, 9.17) is 14.5 Å². The average molecular weight is 573 g/mol. The molecule has 3 heterocycles. The maximum Gasteiger partial charge on any atom is 0.247 e. The molecular weight excluding hydrogens is 532 g/mol. The lowest BCUT2D eigenvalue weighted by atomic mass is 10.2. The van der Waals surface area contributed by atoms with Crippen LogP contribution in [0.4, 0.5) is 23.0 Å². The van der Waals surface area contributed by atoms with Crippen molar-refractivity contribution in [1.29, 1.82) is 0 Å². The maximum atomic E-state index is 12.3. The van der Waals surface area contributed by atoms with E-state index < -0.39 is 0 Å². The normalized spacial score (nSPS) is 12.8. The van der Waals surface area contributed by atoms with Crippen LogP contribution in [-0.4, -0.2) is 77.8 Å². The third kappa shape index (κ3) is 6.98. The van der Waals surface area contributed by atoms with Crippen LogP contribution in [0.15, 0.2) is 61.6 Å². The number of rotatable bonds is 11. The fourth-order valence-electron chi connectivity index (χ4n) is 4.81. The molecule has 1 fully saturated rings. The number of aromatic nitrogens is 4. The first kappa shape index (κ1) is 30.3. The maximum absolute atomic E-state index is 12.3. The fraction of sp³-hybridized carbons (Fsp3) is 0.355. The summed E-state index contributed by atoms with van der Waals surface area (Å²) in [4.78, 5) is 30.5. The van der Waals surface area contributed by atoms with Crippen molar-refractivity contribution in [2.45, 2.75) is 26.7 Å². The summed E-state index contributed by atoms with van der Waals surface area (Å²) >= 11 is 0. The van der Waals surface area contributed by atoms with Crippen molar-refractivity contribution in [1.82, 2.24) is 24.4 Å². The zero-order chi connectivity index (χ0) is 30.1. The van der Waals surface area contributed by atoms with Gasteiger partial charge in [0, 0.05) is 38.5 Å². The van der Waals surface area contributed by atoms with Gasteiger partial charge in [-0.05, 0) is 56.3 Å². The van der Waals surface area contributed by atoms with E-state index in [0.717, 1.165) is 48.6 Å². The SMILES string of the molecule is C=CC(=O)Nc1cc(Nc2nccc(-n3cnc4ccc(OC)cc43)n2)c(OC)cc1N(C)CCN1CCCC1.CC. The van der Waals surface area contributed by atoms with Crippen molar-refractivity contribution in [3.8, 4) is 17.3 Å². The number of likely N-dealkylation sites (N-methyl/N-ethyl adjacent to an activating group) is 1. The molecule has 222 valence electrons. The van der Waals surface area contributed by atoms with Gasteiger partial charge in [-0.15, -0.1) is 0 Å². The Morgan fingerprint density at radius 2 is 1.86 bits per heavy atom. The predicted molar refractivity (Wildman–Crippen MR) is 169 cm³/mol. The van der Waals surface area contributed by atoms with E-state index in [-0.39, 0.29) is 5.91 Å². The Balaban J connectivity index is 0.00000198. The molecule has 11 nitrogen and oxygen atoms in total. The summed E-state index contributed by atoms with van der Waals surface area (Å²) in [6, 6.07) is 11.2. The summed E-state index contributed by atoms with van der Waals surface area (Å²) in [7, 11) is 5.25. The van der Waals surface area contributed by atoms with Gasteiger partial charge in [-0.2, -0.15) is 4.98 Å². The summed E-state index contributed by atoms with van der Waals surface area (Å²) in [6.07, 6.45) is 7.12. The summed E-state index contributed by atoms with van der Waals surface area (Å²) in [5, 5.41) is 6.20. The second-order valence-corrected chi connectivity index (χ2v) is 9.57. The second-order valence-electron chi connectivity index (χ2n) is 9.57. The molecular formula is C31H40N8O3. The number of nitrogens with zero attached hydrogens (tertiary/aromatic N) is 6. The summed E-state index contributed by atoms with van der Waals surface area (Å²) in [5.41, 5.74) is 3.75. The molecule has 0 saturated carbocycles. The van der Waals surface area contributed by atoms with Gasteiger partial charge in [0.1, 0.15) is 23.6 Å². The van der Waals surface area contributed by atoms with Gasteiger partial charge in [0.2, 0.25) is 11.9 Å². The minimum atomic E-state index is -0.300. The molecule has 11 heteroatoms. The van der Waals surface area contributed by atoms with Gasteiger partial charge >= 0.3 is 0 Å². The van der Waals surface area contributed by atoms with Gasteiger partial charge in [0.25, 0.3) is 0 Å². The van der Waals surface area contributed by atoms with Gasteiger partial charge < -0.3 is 29.9 Å². The standard InChI is InChI=1S/C29H34N8O3.C2H6/c1-5-28(38)32-22-17-23(26(40-4)18-24(22)35(2)14-15-36-12-6-7-13-36)33-29-30-11-10-27(34-29)37-19-31-21-9-8-20(39-3)16-25(21)37;1-2/h5,8-11,16-19H,1,6-7,12-15H2,2-4H3,(H,32,38)(H,30,33,34);1-2H3. The van der Waals surface area contributed by atoms with Gasteiger partial charge in [-0.3, -0.25) is 9.36 Å². The summed E-state index contributed by atoms with van der Waals surface area (Å²) in [6.45, 7) is 11.6. The van der Waals surface area contributed by atoms with E-state index in [1.807, 2.05) is 55.8 Å². The van der Waals surface area contributed by atoms with Crippen molar-refractivity contribution in [2.75, 3.05) is 63.0 Å². The van der Waals surface area contributed by atoms with Crippen molar-refractivity contribution < 1.29 is 14.3 Å². The molecule has 2 aromatic heterocycles. The third-order valence-corrected chi connectivity index (χ3v) is 7.01. The van der Waals surface area contributed by atoms with E-state index in [1.165, 1.54) is 18.9 Å². The van der Waals surface area contributed by atoms with E-state index >= 15 is 0 Å². The molecule has 1 aliphatic rings. The number of likely N-dealkylation sites (tertiary alicyclic amines) is 1. The van der Waals surface area contributed by atoms with Gasteiger partial charge in [0.15, 0.2) is 0 Å². The van der Waals surface area contributed by atoms with E-state index in [2.05, 4.69) is 37.0 Å². The number of benzene rings is 2. The second kappa shape index (κ2) is 14.3. The minimum Gasteiger partial charge on any atom is -0.497 e. The van der Waals surface area contributed by atoms with Crippen LogP contribution in [0.5, 0.6) is 11.5 Å². The Hall–Kier alpha value is -4.64. The van der Waals surface area contributed by atoms with Crippen molar-refractivity contribution >= 4 is 40.0 Å².